The van der Waals surface area contributed by atoms with Crippen molar-refractivity contribution in [1.29, 1.82) is 0 Å². The van der Waals surface area contributed by atoms with E-state index in [1.165, 1.54) is 0 Å². The molecule has 1 aromatic rings. The zero-order valence-corrected chi connectivity index (χ0v) is 12.2. The monoisotopic (exact) mass is 283 g/mol. The van der Waals surface area contributed by atoms with E-state index in [-0.39, 0.29) is 6.04 Å². The van der Waals surface area contributed by atoms with E-state index in [1.807, 2.05) is 12.1 Å². The quantitative estimate of drug-likeness (QED) is 0.558. The number of hydrogen-bond acceptors (Lipinski definition) is 1. The van der Waals surface area contributed by atoms with Gasteiger partial charge in [0.2, 0.25) is 0 Å². The van der Waals surface area contributed by atoms with Crippen LogP contribution in [0.2, 0.25) is 10.0 Å². The smallest absolute Gasteiger partial charge is 0.0468 e. The Morgan fingerprint density at radius 1 is 1.33 bits per heavy atom. The molecule has 0 saturated carbocycles. The maximum atomic E-state index is 6.21. The van der Waals surface area contributed by atoms with Crippen LogP contribution in [-0.4, -0.2) is 6.54 Å². The molecule has 0 spiro atoms. The molecule has 3 heteroatoms. The molecule has 98 valence electrons. The van der Waals surface area contributed by atoms with Gasteiger partial charge in [0, 0.05) is 22.5 Å². The summed E-state index contributed by atoms with van der Waals surface area (Å²) in [6.45, 7) is 3.10. The largest absolute Gasteiger partial charge is 0.310 e. The van der Waals surface area contributed by atoms with Crippen LogP contribution in [0.25, 0.3) is 0 Å². The topological polar surface area (TPSA) is 12.0 Å². The summed E-state index contributed by atoms with van der Waals surface area (Å²) in [6.07, 6.45) is 9.22. The third-order valence-electron chi connectivity index (χ3n) is 2.88. The van der Waals surface area contributed by atoms with Gasteiger partial charge in [-0.1, -0.05) is 36.2 Å². The number of halogens is 2. The van der Waals surface area contributed by atoms with Gasteiger partial charge in [0.05, 0.1) is 0 Å². The third kappa shape index (κ3) is 4.90. The summed E-state index contributed by atoms with van der Waals surface area (Å²) in [5.41, 5.74) is 1.11. The molecule has 0 aliphatic heterocycles. The van der Waals surface area contributed by atoms with Crippen LogP contribution < -0.4 is 5.32 Å². The molecule has 0 aliphatic carbocycles. The lowest BCUT2D eigenvalue weighted by Gasteiger charge is -2.18. The summed E-state index contributed by atoms with van der Waals surface area (Å²) in [5.74, 6) is 2.65. The average molecular weight is 284 g/mol. The van der Waals surface area contributed by atoms with Crippen molar-refractivity contribution in [2.45, 2.75) is 38.6 Å². The van der Waals surface area contributed by atoms with E-state index >= 15 is 0 Å². The lowest BCUT2D eigenvalue weighted by molar-refractivity contribution is 0.505. The first kappa shape index (κ1) is 15.4. The van der Waals surface area contributed by atoms with Crippen molar-refractivity contribution in [2.24, 2.45) is 0 Å². The minimum atomic E-state index is 0.278. The highest BCUT2D eigenvalue weighted by Gasteiger charge is 2.12. The van der Waals surface area contributed by atoms with Gasteiger partial charge < -0.3 is 5.32 Å². The van der Waals surface area contributed by atoms with Crippen molar-refractivity contribution in [2.75, 3.05) is 6.54 Å². The molecule has 0 aromatic heterocycles. The van der Waals surface area contributed by atoms with Crippen molar-refractivity contribution < 1.29 is 0 Å². The second-order valence-corrected chi connectivity index (χ2v) is 5.09. The minimum absolute atomic E-state index is 0.278. The molecule has 0 saturated heterocycles. The first-order chi connectivity index (χ1) is 8.69. The highest BCUT2D eigenvalue weighted by atomic mass is 35.5. The lowest BCUT2D eigenvalue weighted by Crippen LogP contribution is -2.22. The fourth-order valence-electron chi connectivity index (χ4n) is 1.89. The SMILES string of the molecule is C#CCCCCNC(CC)c1ccc(Cl)cc1Cl. The van der Waals surface area contributed by atoms with Gasteiger partial charge in [0.1, 0.15) is 0 Å². The van der Waals surface area contributed by atoms with Crippen molar-refractivity contribution >= 4 is 23.2 Å². The fraction of sp³-hybridized carbons (Fsp3) is 0.467. The Hall–Kier alpha value is -0.680. The Labute approximate surface area is 120 Å². The highest BCUT2D eigenvalue weighted by Crippen LogP contribution is 2.27. The molecule has 1 aromatic carbocycles. The van der Waals surface area contributed by atoms with Crippen LogP contribution in [0, 0.1) is 12.3 Å². The van der Waals surface area contributed by atoms with Crippen LogP contribution >= 0.6 is 23.2 Å². The van der Waals surface area contributed by atoms with Gasteiger partial charge in [-0.2, -0.15) is 0 Å². The van der Waals surface area contributed by atoms with E-state index in [1.54, 1.807) is 6.07 Å². The van der Waals surface area contributed by atoms with Crippen molar-refractivity contribution in [3.63, 3.8) is 0 Å². The van der Waals surface area contributed by atoms with E-state index in [0.717, 1.165) is 42.8 Å². The van der Waals surface area contributed by atoms with Gasteiger partial charge in [0.25, 0.3) is 0 Å². The van der Waals surface area contributed by atoms with Crippen LogP contribution in [0.15, 0.2) is 18.2 Å². The molecule has 1 nitrogen and oxygen atoms in total. The second-order valence-electron chi connectivity index (χ2n) is 4.24. The van der Waals surface area contributed by atoms with Crippen LogP contribution in [0.3, 0.4) is 0 Å². The Morgan fingerprint density at radius 2 is 2.11 bits per heavy atom. The third-order valence-corrected chi connectivity index (χ3v) is 3.45. The normalized spacial score (nSPS) is 12.1. The summed E-state index contributed by atoms with van der Waals surface area (Å²) in [4.78, 5) is 0. The minimum Gasteiger partial charge on any atom is -0.310 e. The number of benzene rings is 1. The highest BCUT2D eigenvalue weighted by molar-refractivity contribution is 6.35. The Bertz CT molecular complexity index is 409. The summed E-state index contributed by atoms with van der Waals surface area (Å²) in [6, 6.07) is 5.94. The fourth-order valence-corrected chi connectivity index (χ4v) is 2.43. The number of rotatable bonds is 7. The predicted molar refractivity (Wildman–Crippen MR) is 80.2 cm³/mol. The molecule has 1 N–H and O–H groups in total. The first-order valence-corrected chi connectivity index (χ1v) is 7.06. The lowest BCUT2D eigenvalue weighted by atomic mass is 10.0. The Morgan fingerprint density at radius 3 is 2.72 bits per heavy atom. The Balaban J connectivity index is 2.52. The van der Waals surface area contributed by atoms with E-state index in [9.17, 15) is 0 Å². The maximum absolute atomic E-state index is 6.21. The molecule has 0 heterocycles. The Kier molecular flexibility index (Phi) is 7.20. The van der Waals surface area contributed by atoms with Crippen LogP contribution in [0.1, 0.15) is 44.2 Å². The van der Waals surface area contributed by atoms with E-state index in [0.29, 0.717) is 5.02 Å². The molecule has 18 heavy (non-hydrogen) atoms. The van der Waals surface area contributed by atoms with Crippen LogP contribution in [0.5, 0.6) is 0 Å². The molecule has 0 amide bonds. The predicted octanol–water partition coefficient (Wildman–Crippen LogP) is 4.84. The van der Waals surface area contributed by atoms with Gasteiger partial charge in [-0.05, 0) is 43.5 Å². The average Bonchev–Trinajstić information content (AvgIpc) is 2.35. The van der Waals surface area contributed by atoms with E-state index < -0.39 is 0 Å². The van der Waals surface area contributed by atoms with Crippen molar-refractivity contribution in [3.05, 3.63) is 33.8 Å². The molecular weight excluding hydrogens is 265 g/mol. The molecule has 0 aliphatic rings. The van der Waals surface area contributed by atoms with Gasteiger partial charge in [-0.15, -0.1) is 12.3 Å². The first-order valence-electron chi connectivity index (χ1n) is 6.30. The van der Waals surface area contributed by atoms with Gasteiger partial charge in [0.15, 0.2) is 0 Å². The number of terminal acetylenes is 1. The van der Waals surface area contributed by atoms with Crippen molar-refractivity contribution in [1.82, 2.24) is 5.32 Å². The van der Waals surface area contributed by atoms with E-state index in [4.69, 9.17) is 29.6 Å². The molecular formula is C15H19Cl2N. The molecule has 0 bridgehead atoms. The molecule has 0 fully saturated rings. The summed E-state index contributed by atoms with van der Waals surface area (Å²) < 4.78 is 0. The zero-order chi connectivity index (χ0) is 13.4. The second kappa shape index (κ2) is 8.43. The maximum Gasteiger partial charge on any atom is 0.0468 e. The zero-order valence-electron chi connectivity index (χ0n) is 10.7. The summed E-state index contributed by atoms with van der Waals surface area (Å²) in [5, 5.41) is 4.91. The van der Waals surface area contributed by atoms with Gasteiger partial charge in [-0.25, -0.2) is 0 Å². The molecule has 1 atom stereocenters. The summed E-state index contributed by atoms with van der Waals surface area (Å²) in [7, 11) is 0. The van der Waals surface area contributed by atoms with Crippen molar-refractivity contribution in [3.8, 4) is 12.3 Å². The summed E-state index contributed by atoms with van der Waals surface area (Å²) >= 11 is 12.1. The van der Waals surface area contributed by atoms with Gasteiger partial charge in [-0.3, -0.25) is 0 Å². The molecule has 1 unspecified atom stereocenters. The molecule has 1 rings (SSSR count). The van der Waals surface area contributed by atoms with Crippen LogP contribution in [0.4, 0.5) is 0 Å². The number of nitrogens with one attached hydrogen (secondary N) is 1. The van der Waals surface area contributed by atoms with E-state index in [2.05, 4.69) is 18.2 Å². The standard InChI is InChI=1S/C15H19Cl2N/c1-3-5-6-7-10-18-15(4-2)13-9-8-12(16)11-14(13)17/h1,8-9,11,15,18H,4-7,10H2,2H3. The molecule has 0 radical (unpaired) electrons. The number of unbranched alkanes of at least 4 members (excludes halogenated alkanes) is 2. The number of hydrogen-bond donors (Lipinski definition) is 1. The van der Waals surface area contributed by atoms with Crippen LogP contribution in [-0.2, 0) is 0 Å². The van der Waals surface area contributed by atoms with Gasteiger partial charge >= 0.3 is 0 Å².